The van der Waals surface area contributed by atoms with E-state index in [1.54, 1.807) is 0 Å². The van der Waals surface area contributed by atoms with Crippen LogP contribution in [0.2, 0.25) is 0 Å². The highest BCUT2D eigenvalue weighted by Crippen LogP contribution is 2.34. The van der Waals surface area contributed by atoms with Crippen molar-refractivity contribution in [1.82, 2.24) is 4.98 Å². The zero-order chi connectivity index (χ0) is 13.6. The fourth-order valence-electron chi connectivity index (χ4n) is 2.07. The molecule has 2 nitrogen and oxygen atoms in total. The highest BCUT2D eigenvalue weighted by atomic mass is 79.9. The normalized spacial score (nSPS) is 11.1. The molecule has 0 aliphatic rings. The lowest BCUT2D eigenvalue weighted by atomic mass is 10.1. The van der Waals surface area contributed by atoms with Crippen molar-refractivity contribution >= 4 is 64.4 Å². The number of rotatable bonds is 1. The topological polar surface area (TPSA) is 41.8 Å². The predicted octanol–water partition coefficient (Wildman–Crippen LogP) is 5.70. The van der Waals surface area contributed by atoms with Crippen molar-refractivity contribution in [1.29, 1.82) is 0 Å². The first kappa shape index (κ1) is 13.2. The van der Waals surface area contributed by atoms with E-state index >= 15 is 0 Å². The largest absolute Gasteiger partial charge is 0.398 e. The van der Waals surface area contributed by atoms with E-state index in [4.69, 9.17) is 5.73 Å². The summed E-state index contributed by atoms with van der Waals surface area (Å²) in [6.45, 7) is 0. The lowest BCUT2D eigenvalue weighted by molar-refractivity contribution is 1.44. The monoisotopic (exact) mass is 442 g/mol. The zero-order valence-corrected chi connectivity index (χ0v) is 14.4. The minimum absolute atomic E-state index is 0.755. The van der Waals surface area contributed by atoms with Gasteiger partial charge in [0.2, 0.25) is 0 Å². The summed E-state index contributed by atoms with van der Waals surface area (Å²) in [5, 5.41) is 1.13. The van der Waals surface area contributed by atoms with Gasteiger partial charge in [0.1, 0.15) is 0 Å². The molecular weight excluding hydrogens is 436 g/mol. The second-order valence-corrected chi connectivity index (χ2v) is 6.95. The lowest BCUT2D eigenvalue weighted by Gasteiger charge is -2.03. The van der Waals surface area contributed by atoms with Crippen molar-refractivity contribution in [3.8, 4) is 11.3 Å². The second-order valence-electron chi connectivity index (χ2n) is 4.27. The second kappa shape index (κ2) is 4.96. The Labute approximate surface area is 135 Å². The summed E-state index contributed by atoms with van der Waals surface area (Å²) in [4.78, 5) is 3.41. The third-order valence-electron chi connectivity index (χ3n) is 2.95. The number of benzene rings is 2. The number of hydrogen-bond donors (Lipinski definition) is 2. The van der Waals surface area contributed by atoms with Crippen LogP contribution in [-0.2, 0) is 0 Å². The summed E-state index contributed by atoms with van der Waals surface area (Å²) >= 11 is 10.5. The van der Waals surface area contributed by atoms with E-state index in [0.717, 1.165) is 41.3 Å². The van der Waals surface area contributed by atoms with Crippen LogP contribution >= 0.6 is 47.8 Å². The molecular formula is C14H9Br3N2. The van der Waals surface area contributed by atoms with Crippen molar-refractivity contribution in [2.75, 3.05) is 5.73 Å². The smallest absolute Gasteiger partial charge is 0.0603 e. The molecule has 1 aromatic heterocycles. The molecule has 0 saturated heterocycles. The Balaban J connectivity index is 2.26. The number of H-pyrrole nitrogens is 1. The maximum atomic E-state index is 6.05. The minimum atomic E-state index is 0.755. The van der Waals surface area contributed by atoms with E-state index in [0.29, 0.717) is 0 Å². The van der Waals surface area contributed by atoms with Crippen LogP contribution in [0.25, 0.3) is 22.2 Å². The molecule has 0 fully saturated rings. The zero-order valence-electron chi connectivity index (χ0n) is 9.68. The van der Waals surface area contributed by atoms with Gasteiger partial charge in [-0.05, 0) is 52.3 Å². The van der Waals surface area contributed by atoms with Gasteiger partial charge >= 0.3 is 0 Å². The van der Waals surface area contributed by atoms with Crippen molar-refractivity contribution in [3.05, 3.63) is 49.8 Å². The van der Waals surface area contributed by atoms with E-state index in [1.807, 2.05) is 24.3 Å². The van der Waals surface area contributed by atoms with Gasteiger partial charge in [0.25, 0.3) is 0 Å². The molecule has 1 heterocycles. The summed E-state index contributed by atoms with van der Waals surface area (Å²) in [5.74, 6) is 0. The molecule has 0 saturated carbocycles. The van der Waals surface area contributed by atoms with Gasteiger partial charge in [-0.15, -0.1) is 0 Å². The number of fused-ring (bicyclic) bond motifs is 1. The van der Waals surface area contributed by atoms with Gasteiger partial charge in [-0.1, -0.05) is 31.9 Å². The maximum Gasteiger partial charge on any atom is 0.0603 e. The molecule has 0 atom stereocenters. The molecule has 96 valence electrons. The van der Waals surface area contributed by atoms with Crippen LogP contribution in [-0.4, -0.2) is 4.98 Å². The average molecular weight is 445 g/mol. The van der Waals surface area contributed by atoms with Crippen LogP contribution in [0.3, 0.4) is 0 Å². The van der Waals surface area contributed by atoms with Gasteiger partial charge in [0.15, 0.2) is 0 Å². The fraction of sp³-hybridized carbons (Fsp3) is 0. The number of aromatic amines is 1. The Morgan fingerprint density at radius 3 is 2.47 bits per heavy atom. The molecule has 0 amide bonds. The van der Waals surface area contributed by atoms with Gasteiger partial charge in [0.05, 0.1) is 5.52 Å². The third kappa shape index (κ3) is 2.47. The summed E-state index contributed by atoms with van der Waals surface area (Å²) in [7, 11) is 0. The molecule has 19 heavy (non-hydrogen) atoms. The first-order valence-corrected chi connectivity index (χ1v) is 7.95. The van der Waals surface area contributed by atoms with Crippen molar-refractivity contribution in [2.24, 2.45) is 0 Å². The Bertz CT molecular complexity index is 778. The number of nitrogens with one attached hydrogen (secondary N) is 1. The van der Waals surface area contributed by atoms with E-state index in [-0.39, 0.29) is 0 Å². The molecule has 5 heteroatoms. The Hall–Kier alpha value is -0.780. The van der Waals surface area contributed by atoms with Gasteiger partial charge in [-0.3, -0.25) is 0 Å². The van der Waals surface area contributed by atoms with Crippen LogP contribution in [0.4, 0.5) is 5.69 Å². The van der Waals surface area contributed by atoms with E-state index in [2.05, 4.69) is 64.9 Å². The predicted molar refractivity (Wildman–Crippen MR) is 91.2 cm³/mol. The summed E-state index contributed by atoms with van der Waals surface area (Å²) in [5.41, 5.74) is 9.87. The first-order valence-electron chi connectivity index (χ1n) is 5.58. The summed E-state index contributed by atoms with van der Waals surface area (Å²) < 4.78 is 3.08. The van der Waals surface area contributed by atoms with Crippen LogP contribution in [0, 0.1) is 0 Å². The van der Waals surface area contributed by atoms with Crippen LogP contribution < -0.4 is 5.73 Å². The van der Waals surface area contributed by atoms with E-state index < -0.39 is 0 Å². The number of aromatic nitrogens is 1. The highest BCUT2D eigenvalue weighted by Gasteiger charge is 2.09. The first-order chi connectivity index (χ1) is 9.04. The summed E-state index contributed by atoms with van der Waals surface area (Å²) in [6.07, 6.45) is 0. The molecule has 0 aliphatic heterocycles. The molecule has 0 radical (unpaired) electrons. The van der Waals surface area contributed by atoms with Gasteiger partial charge in [-0.25, -0.2) is 0 Å². The molecule has 3 rings (SSSR count). The molecule has 0 unspecified atom stereocenters. The molecule has 0 spiro atoms. The van der Waals surface area contributed by atoms with Crippen molar-refractivity contribution in [3.63, 3.8) is 0 Å². The lowest BCUT2D eigenvalue weighted by Crippen LogP contribution is -1.89. The Morgan fingerprint density at radius 2 is 1.68 bits per heavy atom. The maximum absolute atomic E-state index is 6.05. The van der Waals surface area contributed by atoms with Crippen LogP contribution in [0.1, 0.15) is 0 Å². The van der Waals surface area contributed by atoms with Crippen molar-refractivity contribution in [2.45, 2.75) is 0 Å². The SMILES string of the molecule is Nc1ccc(Br)cc1-c1cc2cc(Br)cc(Br)c2[nH]1. The number of anilines is 1. The van der Waals surface area contributed by atoms with Crippen LogP contribution in [0.5, 0.6) is 0 Å². The third-order valence-corrected chi connectivity index (χ3v) is 4.53. The molecule has 0 bridgehead atoms. The minimum Gasteiger partial charge on any atom is -0.398 e. The number of nitrogen functional groups attached to an aromatic ring is 1. The molecule has 2 aromatic carbocycles. The molecule has 3 N–H and O–H groups in total. The summed E-state index contributed by atoms with van der Waals surface area (Å²) in [6, 6.07) is 12.1. The number of nitrogens with two attached hydrogens (primary N) is 1. The highest BCUT2D eigenvalue weighted by molar-refractivity contribution is 9.11. The van der Waals surface area contributed by atoms with Gasteiger partial charge < -0.3 is 10.7 Å². The fourth-order valence-corrected chi connectivity index (χ4v) is 3.79. The molecule has 0 aliphatic carbocycles. The van der Waals surface area contributed by atoms with Gasteiger partial charge in [0, 0.05) is 35.7 Å². The van der Waals surface area contributed by atoms with E-state index in [9.17, 15) is 0 Å². The Morgan fingerprint density at radius 1 is 0.895 bits per heavy atom. The number of halogens is 3. The van der Waals surface area contributed by atoms with Crippen LogP contribution in [0.15, 0.2) is 49.8 Å². The van der Waals surface area contributed by atoms with Crippen molar-refractivity contribution < 1.29 is 0 Å². The Kier molecular flexibility index (Phi) is 3.45. The van der Waals surface area contributed by atoms with E-state index in [1.165, 1.54) is 0 Å². The molecule has 3 aromatic rings. The standard InChI is InChI=1S/C14H9Br3N2/c15-8-1-2-12(18)10(5-8)13-4-7-3-9(16)6-11(17)14(7)19-13/h1-6,19H,18H2. The number of hydrogen-bond acceptors (Lipinski definition) is 1. The average Bonchev–Trinajstić information content (AvgIpc) is 2.76. The van der Waals surface area contributed by atoms with Gasteiger partial charge in [-0.2, -0.15) is 0 Å². The quantitative estimate of drug-likeness (QED) is 0.464.